The van der Waals surface area contributed by atoms with Gasteiger partial charge in [0, 0.05) is 32.9 Å². The third-order valence-electron chi connectivity index (χ3n) is 2.43. The Morgan fingerprint density at radius 2 is 2.57 bits per heavy atom. The standard InChI is InChI=1S/C9H20N2O2Si/c1-7-5-11(2)6-8(7)10-9(12)13-3-4-14/h7-8H,3-6H2,1-2,14H3,(H,10,12)/i14T3. The summed E-state index contributed by atoms with van der Waals surface area (Å²) in [4.78, 5) is 13.6. The van der Waals surface area contributed by atoms with Crippen molar-refractivity contribution >= 4 is 16.1 Å². The second kappa shape index (κ2) is 5.36. The first-order chi connectivity index (χ1) is 7.78. The van der Waals surface area contributed by atoms with Crippen molar-refractivity contribution in [2.75, 3.05) is 26.7 Å². The average Bonchev–Trinajstić information content (AvgIpc) is 2.42. The summed E-state index contributed by atoms with van der Waals surface area (Å²) in [5.74, 6) is 0.393. The molecule has 1 amide bonds. The summed E-state index contributed by atoms with van der Waals surface area (Å²) in [6.07, 6.45) is -0.504. The lowest BCUT2D eigenvalue weighted by molar-refractivity contribution is 0.146. The molecule has 82 valence electrons. The predicted molar refractivity (Wildman–Crippen MR) is 59.7 cm³/mol. The van der Waals surface area contributed by atoms with E-state index in [1.54, 1.807) is 0 Å². The molecule has 14 heavy (non-hydrogen) atoms. The van der Waals surface area contributed by atoms with Crippen LogP contribution in [-0.2, 0) is 4.74 Å². The SMILES string of the molecule is [3H][Si]([3H])([3H])CCOC(=O)NC1CN(C)CC1C. The predicted octanol–water partition coefficient (Wildman–Crippen LogP) is -0.554. The van der Waals surface area contributed by atoms with Gasteiger partial charge >= 0.3 is 6.09 Å². The molecule has 1 aliphatic heterocycles. The molecule has 5 heteroatoms. The number of hydrogen-bond donors (Lipinski definition) is 1. The number of hydrogen-bond acceptors (Lipinski definition) is 3. The van der Waals surface area contributed by atoms with Crippen molar-refractivity contribution in [3.63, 3.8) is 0 Å². The number of ether oxygens (including phenoxy) is 1. The van der Waals surface area contributed by atoms with Gasteiger partial charge in [-0.1, -0.05) is 6.92 Å². The normalized spacial score (nSPS) is 31.7. The molecule has 1 heterocycles. The lowest BCUT2D eigenvalue weighted by atomic mass is 10.1. The summed E-state index contributed by atoms with van der Waals surface area (Å²) in [6, 6.07) is 0.123. The Morgan fingerprint density at radius 1 is 1.79 bits per heavy atom. The first-order valence-electron chi connectivity index (χ1n) is 6.40. The van der Waals surface area contributed by atoms with Crippen LogP contribution in [0.2, 0.25) is 6.04 Å². The lowest BCUT2D eigenvalue weighted by Crippen LogP contribution is -2.40. The minimum Gasteiger partial charge on any atom is -0.450 e. The van der Waals surface area contributed by atoms with Crippen molar-refractivity contribution in [3.05, 3.63) is 0 Å². The number of rotatable bonds is 4. The Hall–Kier alpha value is -0.553. The zero-order valence-electron chi connectivity index (χ0n) is 11.7. The molecule has 0 radical (unpaired) electrons. The van der Waals surface area contributed by atoms with Gasteiger partial charge in [0.05, 0.1) is 6.61 Å². The summed E-state index contributed by atoms with van der Waals surface area (Å²) < 4.78 is 26.2. The maximum atomic E-state index is 11.4. The molecule has 4 nitrogen and oxygen atoms in total. The van der Waals surface area contributed by atoms with Gasteiger partial charge in [-0.3, -0.25) is 0 Å². The quantitative estimate of drug-likeness (QED) is 0.649. The van der Waals surface area contributed by atoms with Crippen LogP contribution >= 0.6 is 0 Å². The first kappa shape index (κ1) is 7.70. The Morgan fingerprint density at radius 3 is 3.14 bits per heavy atom. The maximum Gasteiger partial charge on any atom is 0.407 e. The minimum atomic E-state index is -3.36. The van der Waals surface area contributed by atoms with E-state index in [-0.39, 0.29) is 18.7 Å². The van der Waals surface area contributed by atoms with Crippen molar-refractivity contribution in [2.45, 2.75) is 19.0 Å². The van der Waals surface area contributed by atoms with Gasteiger partial charge in [-0.25, -0.2) is 4.79 Å². The molecule has 2 atom stereocenters. The van der Waals surface area contributed by atoms with Gasteiger partial charge in [-0.05, 0) is 19.0 Å². The molecule has 1 aliphatic rings. The van der Waals surface area contributed by atoms with E-state index in [2.05, 4.69) is 17.1 Å². The monoisotopic (exact) mass is 222 g/mol. The fourth-order valence-corrected chi connectivity index (χ4v) is 1.84. The number of amides is 1. The highest BCUT2D eigenvalue weighted by Crippen LogP contribution is 2.14. The number of carbonyl (C=O) groups is 1. The highest BCUT2D eigenvalue weighted by Gasteiger charge is 2.28. The molecule has 0 aliphatic carbocycles. The molecule has 0 bridgehead atoms. The molecule has 1 saturated heterocycles. The van der Waals surface area contributed by atoms with E-state index in [1.807, 2.05) is 7.05 Å². The van der Waals surface area contributed by atoms with Crippen LogP contribution in [0.1, 0.15) is 6.92 Å². The third kappa shape index (κ3) is 3.30. The molecule has 0 aromatic heterocycles. The number of likely N-dealkylation sites (tertiary alicyclic amines) is 1. The third-order valence-corrected chi connectivity index (χ3v) is 2.64. The van der Waals surface area contributed by atoms with Crippen LogP contribution < -0.4 is 5.32 Å². The first-order valence-corrected chi connectivity index (χ1v) is 5.60. The summed E-state index contributed by atoms with van der Waals surface area (Å²) >= 11 is 0. The van der Waals surface area contributed by atoms with Crippen LogP contribution in [0.15, 0.2) is 0 Å². The molecular weight excluding hydrogens is 196 g/mol. The molecule has 0 aromatic rings. The van der Waals surface area contributed by atoms with E-state index in [0.29, 0.717) is 5.92 Å². The Labute approximate surface area is 92.1 Å². The van der Waals surface area contributed by atoms with E-state index in [1.165, 1.54) is 0 Å². The second-order valence-electron chi connectivity index (χ2n) is 3.84. The van der Waals surface area contributed by atoms with Crippen LogP contribution in [0.25, 0.3) is 0 Å². The fraction of sp³-hybridized carbons (Fsp3) is 0.889. The second-order valence-corrected chi connectivity index (χ2v) is 4.34. The van der Waals surface area contributed by atoms with E-state index in [4.69, 9.17) is 8.44 Å². The topological polar surface area (TPSA) is 41.6 Å². The molecule has 1 N–H and O–H groups in total. The molecular formula is C9H20N2O2Si. The number of likely N-dealkylation sites (N-methyl/N-ethyl adjacent to an activating group) is 1. The van der Waals surface area contributed by atoms with Gasteiger partial charge in [-0.2, -0.15) is 0 Å². The van der Waals surface area contributed by atoms with Crippen LogP contribution in [0.5, 0.6) is 0 Å². The van der Waals surface area contributed by atoms with Crippen molar-refractivity contribution in [1.29, 1.82) is 3.70 Å². The largest absolute Gasteiger partial charge is 0.450 e. The van der Waals surface area contributed by atoms with Crippen LogP contribution in [0.3, 0.4) is 0 Å². The molecule has 0 spiro atoms. The van der Waals surface area contributed by atoms with Gasteiger partial charge in [0.2, 0.25) is 0 Å². The number of nitrogens with one attached hydrogen (secondary N) is 1. The summed E-state index contributed by atoms with van der Waals surface area (Å²) in [5, 5.41) is 2.77. The molecule has 0 saturated carbocycles. The minimum absolute atomic E-state index is 0.00844. The highest BCUT2D eigenvalue weighted by atomic mass is 28.1. The number of nitrogens with zero attached hydrogens (tertiary/aromatic N) is 1. The van der Waals surface area contributed by atoms with Crippen LogP contribution in [-0.4, -0.2) is 57.5 Å². The van der Waals surface area contributed by atoms with Crippen LogP contribution in [0, 0.1) is 5.92 Å². The van der Waals surface area contributed by atoms with E-state index in [9.17, 15) is 4.79 Å². The van der Waals surface area contributed by atoms with Crippen LogP contribution in [0.4, 0.5) is 4.79 Å². The van der Waals surface area contributed by atoms with Gasteiger partial charge in [0.15, 0.2) is 0 Å². The van der Waals surface area contributed by atoms with Gasteiger partial charge in [-0.15, -0.1) is 0 Å². The highest BCUT2D eigenvalue weighted by molar-refractivity contribution is 6.08. The molecule has 1 rings (SSSR count). The maximum absolute atomic E-state index is 11.4. The van der Waals surface area contributed by atoms with Crippen molar-refractivity contribution in [1.82, 2.24) is 10.2 Å². The Balaban J connectivity index is 2.21. The van der Waals surface area contributed by atoms with Gasteiger partial charge < -0.3 is 15.0 Å². The smallest absolute Gasteiger partial charge is 0.407 e. The van der Waals surface area contributed by atoms with Gasteiger partial charge in [0.25, 0.3) is 0 Å². The lowest BCUT2D eigenvalue weighted by Gasteiger charge is -2.15. The summed E-state index contributed by atoms with van der Waals surface area (Å²) in [5.41, 5.74) is 0. The van der Waals surface area contributed by atoms with Gasteiger partial charge in [0.1, 0.15) is 0 Å². The number of carbonyl (C=O) groups excluding carboxylic acids is 1. The summed E-state index contributed by atoms with van der Waals surface area (Å²) in [7, 11) is -1.35. The zero-order chi connectivity index (χ0) is 13.1. The Bertz CT molecular complexity index is 275. The molecule has 0 aromatic carbocycles. The summed E-state index contributed by atoms with van der Waals surface area (Å²) in [6.45, 7) is 3.83. The average molecular weight is 222 g/mol. The zero-order valence-corrected chi connectivity index (χ0v) is 9.75. The van der Waals surface area contributed by atoms with Crippen molar-refractivity contribution < 1.29 is 9.53 Å². The van der Waals surface area contributed by atoms with Crippen molar-refractivity contribution in [3.8, 4) is 0 Å². The van der Waals surface area contributed by atoms with E-state index < -0.39 is 16.1 Å². The van der Waals surface area contributed by atoms with Crippen molar-refractivity contribution in [2.24, 2.45) is 5.92 Å². The Kier molecular flexibility index (Phi) is 2.95. The fourth-order valence-electron chi connectivity index (χ4n) is 1.73. The van der Waals surface area contributed by atoms with E-state index >= 15 is 0 Å². The number of alkyl carbamates (subject to hydrolysis) is 1. The molecule has 1 fully saturated rings. The molecule has 2 unspecified atom stereocenters. The van der Waals surface area contributed by atoms with E-state index in [0.717, 1.165) is 13.1 Å².